The van der Waals surface area contributed by atoms with Gasteiger partial charge in [-0.15, -0.1) is 0 Å². The maximum Gasteiger partial charge on any atom is 0.191 e. The second-order valence-electron chi connectivity index (χ2n) is 5.77. The van der Waals surface area contributed by atoms with Crippen molar-refractivity contribution in [3.63, 3.8) is 0 Å². The number of hydrogen-bond donors (Lipinski definition) is 2. The fourth-order valence-corrected chi connectivity index (χ4v) is 2.61. The van der Waals surface area contributed by atoms with Crippen LogP contribution in [0.5, 0.6) is 5.75 Å². The molecule has 0 amide bonds. The average Bonchev–Trinajstić information content (AvgIpc) is 2.64. The molecular weight excluding hydrogens is 344 g/mol. The summed E-state index contributed by atoms with van der Waals surface area (Å²) in [7, 11) is 2.10. The summed E-state index contributed by atoms with van der Waals surface area (Å²) in [5.74, 6) is 0.759. The summed E-state index contributed by atoms with van der Waals surface area (Å²) in [4.78, 5) is 2.23. The van der Waals surface area contributed by atoms with Gasteiger partial charge in [0.2, 0.25) is 0 Å². The standard InChI is InChI=1S/C20H26N4OS/c1-4-14-24(3)17-12-10-16(11-13-17)15-21-23-20(26)22-18-8-6-7-9-19(18)25-5-2/h6-13,15H,4-5,14H2,1-3H3,(H2,22,23,26). The number of nitrogens with one attached hydrogen (secondary N) is 2. The van der Waals surface area contributed by atoms with Crippen molar-refractivity contribution in [2.24, 2.45) is 5.10 Å². The Balaban J connectivity index is 1.89. The molecule has 26 heavy (non-hydrogen) atoms. The molecule has 0 bridgehead atoms. The van der Waals surface area contributed by atoms with E-state index >= 15 is 0 Å². The van der Waals surface area contributed by atoms with Crippen LogP contribution in [-0.4, -0.2) is 31.5 Å². The normalized spacial score (nSPS) is 10.6. The first-order valence-electron chi connectivity index (χ1n) is 8.77. The molecule has 0 unspecified atom stereocenters. The molecule has 2 rings (SSSR count). The smallest absolute Gasteiger partial charge is 0.191 e. The maximum atomic E-state index is 5.57. The van der Waals surface area contributed by atoms with E-state index in [0.29, 0.717) is 11.7 Å². The van der Waals surface area contributed by atoms with E-state index in [1.54, 1.807) is 6.21 Å². The van der Waals surface area contributed by atoms with Gasteiger partial charge < -0.3 is 15.0 Å². The molecule has 0 aliphatic heterocycles. The number of ether oxygens (including phenoxy) is 1. The molecule has 0 saturated carbocycles. The lowest BCUT2D eigenvalue weighted by Gasteiger charge is -2.18. The van der Waals surface area contributed by atoms with Crippen LogP contribution in [0.2, 0.25) is 0 Å². The van der Waals surface area contributed by atoms with Crippen molar-refractivity contribution in [2.75, 3.05) is 30.4 Å². The highest BCUT2D eigenvalue weighted by Crippen LogP contribution is 2.23. The molecule has 0 atom stereocenters. The van der Waals surface area contributed by atoms with Crippen LogP contribution in [0.1, 0.15) is 25.8 Å². The molecule has 0 fully saturated rings. The second kappa shape index (κ2) is 10.4. The Labute approximate surface area is 161 Å². The van der Waals surface area contributed by atoms with Gasteiger partial charge in [0, 0.05) is 19.3 Å². The van der Waals surface area contributed by atoms with Gasteiger partial charge in [0.15, 0.2) is 5.11 Å². The van der Waals surface area contributed by atoms with Crippen LogP contribution in [0.15, 0.2) is 53.6 Å². The Morgan fingerprint density at radius 3 is 2.58 bits per heavy atom. The largest absolute Gasteiger partial charge is 0.492 e. The van der Waals surface area contributed by atoms with Gasteiger partial charge in [0.1, 0.15) is 5.75 Å². The van der Waals surface area contributed by atoms with E-state index in [0.717, 1.165) is 30.0 Å². The van der Waals surface area contributed by atoms with E-state index in [1.165, 1.54) is 5.69 Å². The number of nitrogens with zero attached hydrogens (tertiary/aromatic N) is 2. The summed E-state index contributed by atoms with van der Waals surface area (Å²) in [5, 5.41) is 7.70. The first-order valence-corrected chi connectivity index (χ1v) is 9.18. The Hall–Kier alpha value is -2.60. The highest BCUT2D eigenvalue weighted by molar-refractivity contribution is 7.80. The summed E-state index contributed by atoms with van der Waals surface area (Å²) in [6, 6.07) is 15.9. The van der Waals surface area contributed by atoms with Crippen molar-refractivity contribution >= 4 is 34.9 Å². The van der Waals surface area contributed by atoms with Gasteiger partial charge in [-0.2, -0.15) is 5.10 Å². The van der Waals surface area contributed by atoms with Crippen molar-refractivity contribution in [2.45, 2.75) is 20.3 Å². The van der Waals surface area contributed by atoms with Crippen molar-refractivity contribution in [1.29, 1.82) is 0 Å². The molecule has 2 N–H and O–H groups in total. The van der Waals surface area contributed by atoms with Crippen molar-refractivity contribution in [3.8, 4) is 5.75 Å². The molecule has 0 radical (unpaired) electrons. The van der Waals surface area contributed by atoms with Crippen LogP contribution >= 0.6 is 12.2 Å². The first-order chi connectivity index (χ1) is 12.6. The van der Waals surface area contributed by atoms with Crippen LogP contribution in [0.3, 0.4) is 0 Å². The monoisotopic (exact) mass is 370 g/mol. The fourth-order valence-electron chi connectivity index (χ4n) is 2.45. The molecular formula is C20H26N4OS. The number of rotatable bonds is 8. The van der Waals surface area contributed by atoms with Crippen molar-refractivity contribution in [1.82, 2.24) is 5.43 Å². The van der Waals surface area contributed by atoms with Gasteiger partial charge in [-0.1, -0.05) is 31.2 Å². The summed E-state index contributed by atoms with van der Waals surface area (Å²) in [6.07, 6.45) is 2.87. The van der Waals surface area contributed by atoms with Crippen LogP contribution in [0, 0.1) is 0 Å². The maximum absolute atomic E-state index is 5.57. The molecule has 6 heteroatoms. The predicted octanol–water partition coefficient (Wildman–Crippen LogP) is 4.25. The SMILES string of the molecule is CCCN(C)c1ccc(C=NNC(=S)Nc2ccccc2OCC)cc1. The van der Waals surface area contributed by atoms with Gasteiger partial charge in [-0.25, -0.2) is 0 Å². The Morgan fingerprint density at radius 1 is 1.15 bits per heavy atom. The van der Waals surface area contributed by atoms with E-state index in [4.69, 9.17) is 17.0 Å². The Kier molecular flexibility index (Phi) is 7.89. The highest BCUT2D eigenvalue weighted by Gasteiger charge is 2.03. The van der Waals surface area contributed by atoms with Crippen LogP contribution in [0.25, 0.3) is 0 Å². The lowest BCUT2D eigenvalue weighted by atomic mass is 10.2. The summed E-state index contributed by atoms with van der Waals surface area (Å²) in [5.41, 5.74) is 5.84. The molecule has 5 nitrogen and oxygen atoms in total. The van der Waals surface area contributed by atoms with Gasteiger partial charge in [0.05, 0.1) is 18.5 Å². The highest BCUT2D eigenvalue weighted by atomic mass is 32.1. The summed E-state index contributed by atoms with van der Waals surface area (Å²) < 4.78 is 5.57. The van der Waals surface area contributed by atoms with Crippen LogP contribution in [0.4, 0.5) is 11.4 Å². The van der Waals surface area contributed by atoms with Gasteiger partial charge >= 0.3 is 0 Å². The second-order valence-corrected chi connectivity index (χ2v) is 6.17. The molecule has 2 aromatic rings. The Morgan fingerprint density at radius 2 is 1.88 bits per heavy atom. The van der Waals surface area contributed by atoms with E-state index < -0.39 is 0 Å². The minimum atomic E-state index is 0.410. The molecule has 0 heterocycles. The lowest BCUT2D eigenvalue weighted by molar-refractivity contribution is 0.342. The summed E-state index contributed by atoms with van der Waals surface area (Å²) in [6.45, 7) is 5.76. The molecule has 138 valence electrons. The summed E-state index contributed by atoms with van der Waals surface area (Å²) >= 11 is 5.28. The third-order valence-electron chi connectivity index (χ3n) is 3.71. The van der Waals surface area contributed by atoms with E-state index in [2.05, 4.69) is 46.8 Å². The molecule has 0 aliphatic carbocycles. The van der Waals surface area contributed by atoms with Gasteiger partial charge in [-0.05, 0) is 55.4 Å². The van der Waals surface area contributed by atoms with E-state index in [1.807, 2.05) is 43.3 Å². The zero-order chi connectivity index (χ0) is 18.8. The lowest BCUT2D eigenvalue weighted by Crippen LogP contribution is -2.24. The third-order valence-corrected chi connectivity index (χ3v) is 3.90. The number of anilines is 2. The van der Waals surface area contributed by atoms with Gasteiger partial charge in [0.25, 0.3) is 0 Å². The van der Waals surface area contributed by atoms with Crippen LogP contribution in [-0.2, 0) is 0 Å². The molecule has 0 aromatic heterocycles. The van der Waals surface area contributed by atoms with Crippen LogP contribution < -0.4 is 20.4 Å². The predicted molar refractivity (Wildman–Crippen MR) is 115 cm³/mol. The zero-order valence-electron chi connectivity index (χ0n) is 15.5. The molecule has 0 saturated heterocycles. The topological polar surface area (TPSA) is 48.9 Å². The molecule has 0 spiro atoms. The average molecular weight is 371 g/mol. The fraction of sp³-hybridized carbons (Fsp3) is 0.300. The van der Waals surface area contributed by atoms with Crippen molar-refractivity contribution in [3.05, 3.63) is 54.1 Å². The third kappa shape index (κ3) is 6.04. The van der Waals surface area contributed by atoms with Crippen molar-refractivity contribution < 1.29 is 4.74 Å². The van der Waals surface area contributed by atoms with Gasteiger partial charge in [-0.3, -0.25) is 5.43 Å². The zero-order valence-corrected chi connectivity index (χ0v) is 16.3. The number of hydrazone groups is 1. The first kappa shape index (κ1) is 19.7. The molecule has 2 aromatic carbocycles. The number of thiocarbonyl (C=S) groups is 1. The number of para-hydroxylation sites is 2. The minimum absolute atomic E-state index is 0.410. The van der Waals surface area contributed by atoms with E-state index in [-0.39, 0.29) is 0 Å². The minimum Gasteiger partial charge on any atom is -0.492 e. The number of benzene rings is 2. The number of hydrogen-bond acceptors (Lipinski definition) is 4. The quantitative estimate of drug-likeness (QED) is 0.413. The van der Waals surface area contributed by atoms with E-state index in [9.17, 15) is 0 Å². The Bertz CT molecular complexity index is 731. The molecule has 0 aliphatic rings.